The van der Waals surface area contributed by atoms with E-state index in [0.29, 0.717) is 17.8 Å². The van der Waals surface area contributed by atoms with Gasteiger partial charge in [-0.1, -0.05) is 19.9 Å². The summed E-state index contributed by atoms with van der Waals surface area (Å²) < 4.78 is 0. The molecule has 0 fully saturated rings. The highest BCUT2D eigenvalue weighted by Gasteiger charge is 2.11. The predicted molar refractivity (Wildman–Crippen MR) is 72.7 cm³/mol. The van der Waals surface area contributed by atoms with Crippen LogP contribution >= 0.6 is 0 Å². The van der Waals surface area contributed by atoms with Gasteiger partial charge in [-0.3, -0.25) is 9.59 Å². The Hall–Kier alpha value is -1.84. The second-order valence-electron chi connectivity index (χ2n) is 4.53. The standard InChI is InChI=1S/C14H20N2O2/c1-5-15-14(18)11-7-6-10(4)12(8-11)16-13(17)9(2)3/h6-9H,5H2,1-4H3,(H,15,18)(H,16,17). The first-order valence-corrected chi connectivity index (χ1v) is 6.15. The fraction of sp³-hybridized carbons (Fsp3) is 0.429. The highest BCUT2D eigenvalue weighted by Crippen LogP contribution is 2.17. The van der Waals surface area contributed by atoms with Gasteiger partial charge >= 0.3 is 0 Å². The van der Waals surface area contributed by atoms with E-state index in [-0.39, 0.29) is 17.7 Å². The number of hydrogen-bond acceptors (Lipinski definition) is 2. The lowest BCUT2D eigenvalue weighted by Gasteiger charge is -2.12. The fourth-order valence-corrected chi connectivity index (χ4v) is 1.44. The molecule has 2 amide bonds. The smallest absolute Gasteiger partial charge is 0.251 e. The van der Waals surface area contributed by atoms with E-state index >= 15 is 0 Å². The molecule has 0 aliphatic carbocycles. The van der Waals surface area contributed by atoms with Crippen molar-refractivity contribution in [1.82, 2.24) is 5.32 Å². The van der Waals surface area contributed by atoms with Crippen LogP contribution in [-0.2, 0) is 4.79 Å². The van der Waals surface area contributed by atoms with Gasteiger partial charge in [0.15, 0.2) is 0 Å². The summed E-state index contributed by atoms with van der Waals surface area (Å²) in [5, 5.41) is 5.56. The number of benzene rings is 1. The van der Waals surface area contributed by atoms with Crippen molar-refractivity contribution in [2.24, 2.45) is 5.92 Å². The Kier molecular flexibility index (Phi) is 4.89. The minimum absolute atomic E-state index is 0.0499. The number of carbonyl (C=O) groups excluding carboxylic acids is 2. The quantitative estimate of drug-likeness (QED) is 0.859. The minimum atomic E-state index is -0.127. The van der Waals surface area contributed by atoms with E-state index in [0.717, 1.165) is 5.56 Å². The van der Waals surface area contributed by atoms with Crippen LogP contribution in [0.1, 0.15) is 36.7 Å². The van der Waals surface area contributed by atoms with Gasteiger partial charge in [-0.05, 0) is 31.5 Å². The Balaban J connectivity index is 2.94. The van der Waals surface area contributed by atoms with Crippen LogP contribution in [0.3, 0.4) is 0 Å². The van der Waals surface area contributed by atoms with E-state index in [4.69, 9.17) is 0 Å². The zero-order chi connectivity index (χ0) is 13.7. The van der Waals surface area contributed by atoms with Crippen LogP contribution in [0.25, 0.3) is 0 Å². The van der Waals surface area contributed by atoms with Crippen molar-refractivity contribution in [2.45, 2.75) is 27.7 Å². The summed E-state index contributed by atoms with van der Waals surface area (Å²) in [6.45, 7) is 8.02. The number of hydrogen-bond donors (Lipinski definition) is 2. The van der Waals surface area contributed by atoms with Gasteiger partial charge in [-0.2, -0.15) is 0 Å². The van der Waals surface area contributed by atoms with Crippen LogP contribution in [-0.4, -0.2) is 18.4 Å². The summed E-state index contributed by atoms with van der Waals surface area (Å²) in [7, 11) is 0. The zero-order valence-electron chi connectivity index (χ0n) is 11.3. The second kappa shape index (κ2) is 6.19. The topological polar surface area (TPSA) is 58.2 Å². The van der Waals surface area contributed by atoms with E-state index in [1.807, 2.05) is 33.8 Å². The SMILES string of the molecule is CCNC(=O)c1ccc(C)c(NC(=O)C(C)C)c1. The maximum atomic E-state index is 11.7. The summed E-state index contributed by atoms with van der Waals surface area (Å²) in [6.07, 6.45) is 0. The lowest BCUT2D eigenvalue weighted by Crippen LogP contribution is -2.23. The van der Waals surface area contributed by atoms with Crippen molar-refractivity contribution < 1.29 is 9.59 Å². The molecule has 1 aromatic carbocycles. The molecule has 0 spiro atoms. The summed E-state index contributed by atoms with van der Waals surface area (Å²) in [4.78, 5) is 23.4. The Bertz CT molecular complexity index is 453. The molecule has 0 unspecified atom stereocenters. The molecule has 0 aliphatic rings. The summed E-state index contributed by atoms with van der Waals surface area (Å²) in [5.41, 5.74) is 2.19. The number of rotatable bonds is 4. The molecule has 0 atom stereocenters. The maximum absolute atomic E-state index is 11.7. The van der Waals surface area contributed by atoms with Crippen LogP contribution in [0, 0.1) is 12.8 Å². The fourth-order valence-electron chi connectivity index (χ4n) is 1.44. The average Bonchev–Trinajstić information content (AvgIpc) is 2.31. The van der Waals surface area contributed by atoms with Gasteiger partial charge in [-0.15, -0.1) is 0 Å². The Morgan fingerprint density at radius 1 is 1.28 bits per heavy atom. The van der Waals surface area contributed by atoms with Crippen molar-refractivity contribution >= 4 is 17.5 Å². The van der Waals surface area contributed by atoms with Crippen molar-refractivity contribution in [1.29, 1.82) is 0 Å². The molecule has 18 heavy (non-hydrogen) atoms. The average molecular weight is 248 g/mol. The molecular formula is C14H20N2O2. The van der Waals surface area contributed by atoms with E-state index in [1.165, 1.54) is 0 Å². The summed E-state index contributed by atoms with van der Waals surface area (Å²) in [6, 6.07) is 5.30. The van der Waals surface area contributed by atoms with Gasteiger partial charge in [0.1, 0.15) is 0 Å². The van der Waals surface area contributed by atoms with Crippen molar-refractivity contribution in [3.8, 4) is 0 Å². The zero-order valence-corrected chi connectivity index (χ0v) is 11.3. The third-order valence-electron chi connectivity index (χ3n) is 2.62. The third kappa shape index (κ3) is 3.58. The third-order valence-corrected chi connectivity index (χ3v) is 2.62. The van der Waals surface area contributed by atoms with E-state index < -0.39 is 0 Å². The molecule has 0 bridgehead atoms. The Morgan fingerprint density at radius 3 is 2.50 bits per heavy atom. The first-order chi connectivity index (χ1) is 8.45. The molecule has 0 heterocycles. The lowest BCUT2D eigenvalue weighted by atomic mass is 10.1. The largest absolute Gasteiger partial charge is 0.352 e. The number of carbonyl (C=O) groups is 2. The van der Waals surface area contributed by atoms with Crippen molar-refractivity contribution in [3.05, 3.63) is 29.3 Å². The van der Waals surface area contributed by atoms with Crippen LogP contribution in [0.15, 0.2) is 18.2 Å². The second-order valence-corrected chi connectivity index (χ2v) is 4.53. The molecule has 98 valence electrons. The van der Waals surface area contributed by atoms with Gasteiger partial charge in [0.2, 0.25) is 5.91 Å². The first kappa shape index (κ1) is 14.2. The molecule has 4 nitrogen and oxygen atoms in total. The van der Waals surface area contributed by atoms with Crippen molar-refractivity contribution in [2.75, 3.05) is 11.9 Å². The van der Waals surface area contributed by atoms with E-state index in [2.05, 4.69) is 10.6 Å². The minimum Gasteiger partial charge on any atom is -0.352 e. The van der Waals surface area contributed by atoms with Crippen LogP contribution in [0.2, 0.25) is 0 Å². The van der Waals surface area contributed by atoms with Gasteiger partial charge in [-0.25, -0.2) is 0 Å². The van der Waals surface area contributed by atoms with Gasteiger partial charge < -0.3 is 10.6 Å². The van der Waals surface area contributed by atoms with Crippen LogP contribution in [0.5, 0.6) is 0 Å². The molecule has 0 saturated heterocycles. The van der Waals surface area contributed by atoms with Gasteiger partial charge in [0.05, 0.1) is 0 Å². The number of amides is 2. The molecular weight excluding hydrogens is 228 g/mol. The first-order valence-electron chi connectivity index (χ1n) is 6.15. The molecule has 2 N–H and O–H groups in total. The van der Waals surface area contributed by atoms with Crippen LogP contribution in [0.4, 0.5) is 5.69 Å². The van der Waals surface area contributed by atoms with Gasteiger partial charge in [0, 0.05) is 23.7 Å². The number of anilines is 1. The normalized spacial score (nSPS) is 10.3. The number of aryl methyl sites for hydroxylation is 1. The van der Waals surface area contributed by atoms with E-state index in [9.17, 15) is 9.59 Å². The molecule has 0 radical (unpaired) electrons. The molecule has 4 heteroatoms. The monoisotopic (exact) mass is 248 g/mol. The Morgan fingerprint density at radius 2 is 1.94 bits per heavy atom. The highest BCUT2D eigenvalue weighted by atomic mass is 16.2. The molecule has 0 saturated carbocycles. The molecule has 0 aliphatic heterocycles. The van der Waals surface area contributed by atoms with Crippen molar-refractivity contribution in [3.63, 3.8) is 0 Å². The number of nitrogens with one attached hydrogen (secondary N) is 2. The van der Waals surface area contributed by atoms with Gasteiger partial charge in [0.25, 0.3) is 5.91 Å². The highest BCUT2D eigenvalue weighted by molar-refractivity contribution is 5.98. The maximum Gasteiger partial charge on any atom is 0.251 e. The molecule has 1 rings (SSSR count). The van der Waals surface area contributed by atoms with E-state index in [1.54, 1.807) is 12.1 Å². The summed E-state index contributed by atoms with van der Waals surface area (Å²) in [5.74, 6) is -0.263. The lowest BCUT2D eigenvalue weighted by molar-refractivity contribution is -0.118. The predicted octanol–water partition coefficient (Wildman–Crippen LogP) is 2.34. The Labute approximate surface area is 108 Å². The molecule has 0 aromatic heterocycles. The van der Waals surface area contributed by atoms with Crippen LogP contribution < -0.4 is 10.6 Å². The molecule has 1 aromatic rings. The summed E-state index contributed by atoms with van der Waals surface area (Å²) >= 11 is 0.